The number of carbonyl (C=O) groups is 1. The molecule has 152 valence electrons. The van der Waals surface area contributed by atoms with Gasteiger partial charge in [0.1, 0.15) is 5.76 Å². The molecule has 4 aromatic rings. The largest absolute Gasteiger partial charge is 0.469 e. The van der Waals surface area contributed by atoms with Crippen LogP contribution in [0.15, 0.2) is 75.8 Å². The summed E-state index contributed by atoms with van der Waals surface area (Å²) >= 11 is 0. The summed E-state index contributed by atoms with van der Waals surface area (Å²) in [6.45, 7) is 3.99. The lowest BCUT2D eigenvalue weighted by molar-refractivity contribution is 0.0938. The standard InChI is InChI=1S/C24H23N3O3/c1-16-6-3-4-8-21(16)24-27-26-23(30-24)19-12-10-18(11-13-19)22(28)25-17(2)9-14-20-7-5-15-29-20/h3-8,10-13,15,17H,9,14H2,1-2H3,(H,25,28). The summed E-state index contributed by atoms with van der Waals surface area (Å²) < 4.78 is 11.2. The molecule has 0 aliphatic rings. The number of hydrogen-bond acceptors (Lipinski definition) is 5. The first-order valence-electron chi connectivity index (χ1n) is 9.93. The monoisotopic (exact) mass is 401 g/mol. The van der Waals surface area contributed by atoms with Gasteiger partial charge in [0.15, 0.2) is 0 Å². The molecule has 0 spiro atoms. The smallest absolute Gasteiger partial charge is 0.251 e. The quantitative estimate of drug-likeness (QED) is 0.468. The zero-order chi connectivity index (χ0) is 20.9. The highest BCUT2D eigenvalue weighted by Gasteiger charge is 2.14. The van der Waals surface area contributed by atoms with Gasteiger partial charge in [0.05, 0.1) is 6.26 Å². The number of amides is 1. The van der Waals surface area contributed by atoms with Gasteiger partial charge in [0, 0.05) is 29.2 Å². The van der Waals surface area contributed by atoms with Crippen molar-refractivity contribution in [3.05, 3.63) is 83.8 Å². The predicted octanol–water partition coefficient (Wildman–Crippen LogP) is 5.06. The van der Waals surface area contributed by atoms with Gasteiger partial charge in [-0.3, -0.25) is 4.79 Å². The van der Waals surface area contributed by atoms with Crippen LogP contribution in [0.4, 0.5) is 0 Å². The number of hydrogen-bond donors (Lipinski definition) is 1. The molecule has 4 rings (SSSR count). The van der Waals surface area contributed by atoms with Crippen molar-refractivity contribution in [1.82, 2.24) is 15.5 Å². The molecule has 0 fully saturated rings. The summed E-state index contributed by atoms with van der Waals surface area (Å²) in [6.07, 6.45) is 3.25. The van der Waals surface area contributed by atoms with E-state index in [0.29, 0.717) is 17.3 Å². The number of furan rings is 1. The van der Waals surface area contributed by atoms with E-state index in [9.17, 15) is 4.79 Å². The van der Waals surface area contributed by atoms with E-state index >= 15 is 0 Å². The van der Waals surface area contributed by atoms with Crippen molar-refractivity contribution >= 4 is 5.91 Å². The van der Waals surface area contributed by atoms with E-state index in [1.54, 1.807) is 18.4 Å². The van der Waals surface area contributed by atoms with Crippen LogP contribution in [0.1, 0.15) is 35.0 Å². The van der Waals surface area contributed by atoms with Gasteiger partial charge in [-0.1, -0.05) is 18.2 Å². The van der Waals surface area contributed by atoms with Crippen LogP contribution in [0.2, 0.25) is 0 Å². The molecule has 0 aliphatic heterocycles. The molecule has 0 saturated heterocycles. The molecule has 0 saturated carbocycles. The Balaban J connectivity index is 1.39. The van der Waals surface area contributed by atoms with E-state index < -0.39 is 0 Å². The lowest BCUT2D eigenvalue weighted by atomic mass is 10.1. The van der Waals surface area contributed by atoms with Gasteiger partial charge in [0.25, 0.3) is 5.91 Å². The molecule has 2 heterocycles. The van der Waals surface area contributed by atoms with Gasteiger partial charge in [0.2, 0.25) is 11.8 Å². The first-order valence-corrected chi connectivity index (χ1v) is 9.93. The Labute approximate surface area is 175 Å². The lowest BCUT2D eigenvalue weighted by Gasteiger charge is -2.13. The van der Waals surface area contributed by atoms with Crippen LogP contribution in [-0.4, -0.2) is 22.1 Å². The molecule has 1 atom stereocenters. The number of carbonyl (C=O) groups excluding carboxylic acids is 1. The van der Waals surface area contributed by atoms with Gasteiger partial charge in [-0.25, -0.2) is 0 Å². The molecule has 1 N–H and O–H groups in total. The maximum atomic E-state index is 12.5. The number of aryl methyl sites for hydroxylation is 2. The molecular formula is C24H23N3O3. The van der Waals surface area contributed by atoms with Gasteiger partial charge < -0.3 is 14.2 Å². The minimum Gasteiger partial charge on any atom is -0.469 e. The number of nitrogens with zero attached hydrogens (tertiary/aromatic N) is 2. The highest BCUT2D eigenvalue weighted by Crippen LogP contribution is 2.26. The topological polar surface area (TPSA) is 81.2 Å². The van der Waals surface area contributed by atoms with Crippen LogP contribution in [0.3, 0.4) is 0 Å². The first-order chi connectivity index (χ1) is 14.6. The van der Waals surface area contributed by atoms with Gasteiger partial charge in [-0.2, -0.15) is 0 Å². The van der Waals surface area contributed by atoms with Crippen LogP contribution >= 0.6 is 0 Å². The van der Waals surface area contributed by atoms with Crippen molar-refractivity contribution in [2.75, 3.05) is 0 Å². The summed E-state index contributed by atoms with van der Waals surface area (Å²) in [5, 5.41) is 11.3. The Morgan fingerprint density at radius 2 is 1.77 bits per heavy atom. The minimum atomic E-state index is -0.111. The molecule has 0 bridgehead atoms. The fraction of sp³-hybridized carbons (Fsp3) is 0.208. The zero-order valence-electron chi connectivity index (χ0n) is 17.0. The number of rotatable bonds is 7. The molecule has 0 aliphatic carbocycles. The van der Waals surface area contributed by atoms with Crippen molar-refractivity contribution < 1.29 is 13.6 Å². The molecule has 2 aromatic heterocycles. The van der Waals surface area contributed by atoms with E-state index in [0.717, 1.165) is 35.3 Å². The Hall–Kier alpha value is -3.67. The summed E-state index contributed by atoms with van der Waals surface area (Å²) in [7, 11) is 0. The third kappa shape index (κ3) is 4.49. The number of nitrogens with one attached hydrogen (secondary N) is 1. The van der Waals surface area contributed by atoms with Crippen LogP contribution in [0.5, 0.6) is 0 Å². The molecule has 30 heavy (non-hydrogen) atoms. The summed E-state index contributed by atoms with van der Waals surface area (Å²) in [5.41, 5.74) is 3.34. The molecular weight excluding hydrogens is 378 g/mol. The third-order valence-corrected chi connectivity index (χ3v) is 4.98. The van der Waals surface area contributed by atoms with E-state index in [4.69, 9.17) is 8.83 Å². The van der Waals surface area contributed by atoms with E-state index in [1.807, 2.05) is 62.4 Å². The first kappa shape index (κ1) is 19.6. The fourth-order valence-electron chi connectivity index (χ4n) is 3.22. The fourth-order valence-corrected chi connectivity index (χ4v) is 3.22. The third-order valence-electron chi connectivity index (χ3n) is 4.98. The van der Waals surface area contributed by atoms with Crippen LogP contribution in [0.25, 0.3) is 22.9 Å². The van der Waals surface area contributed by atoms with Gasteiger partial charge in [-0.15, -0.1) is 10.2 Å². The van der Waals surface area contributed by atoms with Crippen molar-refractivity contribution in [3.63, 3.8) is 0 Å². The Morgan fingerprint density at radius 3 is 2.50 bits per heavy atom. The van der Waals surface area contributed by atoms with E-state index in [1.165, 1.54) is 0 Å². The minimum absolute atomic E-state index is 0.0369. The molecule has 0 radical (unpaired) electrons. The maximum Gasteiger partial charge on any atom is 0.251 e. The molecule has 1 amide bonds. The Bertz CT molecular complexity index is 1110. The molecule has 2 aromatic carbocycles. The van der Waals surface area contributed by atoms with Crippen LogP contribution < -0.4 is 5.32 Å². The van der Waals surface area contributed by atoms with Crippen LogP contribution in [0, 0.1) is 6.92 Å². The number of aromatic nitrogens is 2. The zero-order valence-corrected chi connectivity index (χ0v) is 17.0. The highest BCUT2D eigenvalue weighted by atomic mass is 16.4. The van der Waals surface area contributed by atoms with Crippen LogP contribution in [-0.2, 0) is 6.42 Å². The predicted molar refractivity (Wildman–Crippen MR) is 114 cm³/mol. The molecule has 6 nitrogen and oxygen atoms in total. The summed E-state index contributed by atoms with van der Waals surface area (Å²) in [6, 6.07) is 18.9. The molecule has 6 heteroatoms. The Kier molecular flexibility index (Phi) is 5.75. The second kappa shape index (κ2) is 8.78. The second-order valence-electron chi connectivity index (χ2n) is 7.30. The average molecular weight is 401 g/mol. The second-order valence-corrected chi connectivity index (χ2v) is 7.30. The van der Waals surface area contributed by atoms with Crippen molar-refractivity contribution in [2.24, 2.45) is 0 Å². The molecule has 1 unspecified atom stereocenters. The lowest BCUT2D eigenvalue weighted by Crippen LogP contribution is -2.32. The van der Waals surface area contributed by atoms with Crippen molar-refractivity contribution in [2.45, 2.75) is 32.7 Å². The average Bonchev–Trinajstić information content (AvgIpc) is 3.45. The summed E-state index contributed by atoms with van der Waals surface area (Å²) in [4.78, 5) is 12.5. The number of benzene rings is 2. The van der Waals surface area contributed by atoms with E-state index in [2.05, 4.69) is 15.5 Å². The highest BCUT2D eigenvalue weighted by molar-refractivity contribution is 5.94. The van der Waals surface area contributed by atoms with E-state index in [-0.39, 0.29) is 11.9 Å². The van der Waals surface area contributed by atoms with Gasteiger partial charge >= 0.3 is 0 Å². The normalized spacial score (nSPS) is 11.9. The maximum absolute atomic E-state index is 12.5. The SMILES string of the molecule is Cc1ccccc1-c1nnc(-c2ccc(C(=O)NC(C)CCc3ccco3)cc2)o1. The summed E-state index contributed by atoms with van der Waals surface area (Å²) in [5.74, 6) is 1.71. The van der Waals surface area contributed by atoms with Crippen molar-refractivity contribution in [3.8, 4) is 22.9 Å². The van der Waals surface area contributed by atoms with Gasteiger partial charge in [-0.05, 0) is 68.3 Å². The van der Waals surface area contributed by atoms with Crippen molar-refractivity contribution in [1.29, 1.82) is 0 Å². The Morgan fingerprint density at radius 1 is 1.00 bits per heavy atom.